The minimum atomic E-state index is 0.375. The van der Waals surface area contributed by atoms with Crippen molar-refractivity contribution in [3.8, 4) is 28.6 Å². The van der Waals surface area contributed by atoms with Crippen LogP contribution in [0, 0.1) is 13.0 Å². The van der Waals surface area contributed by atoms with Gasteiger partial charge in [0.15, 0.2) is 11.5 Å². The largest absolute Gasteiger partial charge is 0.493 e. The first kappa shape index (κ1) is 23.9. The predicted octanol–water partition coefficient (Wildman–Crippen LogP) is 4.88. The van der Waals surface area contributed by atoms with Crippen LogP contribution in [0.15, 0.2) is 54.6 Å². The molecule has 0 aliphatic carbocycles. The Morgan fingerprint density at radius 2 is 1.81 bits per heavy atom. The Bertz CT molecular complexity index is 1350. The van der Waals surface area contributed by atoms with Gasteiger partial charge in [-0.1, -0.05) is 30.3 Å². The first-order chi connectivity index (χ1) is 17.7. The molecule has 7 heteroatoms. The minimum Gasteiger partial charge on any atom is -0.493 e. The summed E-state index contributed by atoms with van der Waals surface area (Å²) in [7, 11) is 3.27. The Balaban J connectivity index is 1.43. The molecule has 1 fully saturated rings. The lowest BCUT2D eigenvalue weighted by atomic mass is 9.99. The van der Waals surface area contributed by atoms with Gasteiger partial charge in [-0.2, -0.15) is 9.97 Å². The van der Waals surface area contributed by atoms with Gasteiger partial charge in [0, 0.05) is 24.9 Å². The highest BCUT2D eigenvalue weighted by Gasteiger charge is 2.19. The van der Waals surface area contributed by atoms with Gasteiger partial charge in [0.2, 0.25) is 0 Å². The van der Waals surface area contributed by atoms with E-state index in [1.165, 1.54) is 5.56 Å². The van der Waals surface area contributed by atoms with E-state index in [1.807, 2.05) is 36.4 Å². The molecule has 3 aromatic carbocycles. The van der Waals surface area contributed by atoms with Crippen LogP contribution in [0.25, 0.3) is 22.0 Å². The number of methoxy groups -OCH3 is 2. The van der Waals surface area contributed by atoms with Gasteiger partial charge in [-0.05, 0) is 59.5 Å². The summed E-state index contributed by atoms with van der Waals surface area (Å²) in [6, 6.07) is 22.0. The van der Waals surface area contributed by atoms with Crippen molar-refractivity contribution in [2.45, 2.75) is 13.3 Å². The molecule has 0 bridgehead atoms. The highest BCUT2D eigenvalue weighted by molar-refractivity contribution is 5.93. The number of rotatable bonds is 8. The maximum atomic E-state index is 6.06. The SMILES string of the molecule is COc1ccc(CCOc2nc(N3CCOCC3)c3cc(-c4[c]cccc4C)ccc3n2)cc1OC. The first-order valence-corrected chi connectivity index (χ1v) is 12.1. The normalized spacial score (nSPS) is 13.6. The summed E-state index contributed by atoms with van der Waals surface area (Å²) in [5.41, 5.74) is 5.30. The highest BCUT2D eigenvalue weighted by atomic mass is 16.5. The molecule has 0 unspecified atom stereocenters. The van der Waals surface area contributed by atoms with E-state index in [9.17, 15) is 0 Å². The van der Waals surface area contributed by atoms with Crippen LogP contribution in [0.5, 0.6) is 17.5 Å². The van der Waals surface area contributed by atoms with E-state index < -0.39 is 0 Å². The van der Waals surface area contributed by atoms with E-state index in [1.54, 1.807) is 14.2 Å². The van der Waals surface area contributed by atoms with E-state index in [0.29, 0.717) is 43.8 Å². The molecule has 1 saturated heterocycles. The van der Waals surface area contributed by atoms with Gasteiger partial charge in [-0.25, -0.2) is 0 Å². The molecule has 0 spiro atoms. The summed E-state index contributed by atoms with van der Waals surface area (Å²) in [6.07, 6.45) is 0.691. The molecule has 0 saturated carbocycles. The van der Waals surface area contributed by atoms with Crippen molar-refractivity contribution in [3.63, 3.8) is 0 Å². The number of benzene rings is 3. The summed E-state index contributed by atoms with van der Waals surface area (Å²) in [4.78, 5) is 11.8. The topological polar surface area (TPSA) is 65.9 Å². The van der Waals surface area contributed by atoms with E-state index in [-0.39, 0.29) is 0 Å². The molecule has 4 aromatic rings. The number of aromatic nitrogens is 2. The van der Waals surface area contributed by atoms with E-state index in [2.05, 4.69) is 36.1 Å². The molecule has 1 aromatic heterocycles. The lowest BCUT2D eigenvalue weighted by molar-refractivity contribution is 0.122. The second-order valence-corrected chi connectivity index (χ2v) is 8.68. The van der Waals surface area contributed by atoms with Gasteiger partial charge < -0.3 is 23.8 Å². The number of morpholine rings is 1. The Kier molecular flexibility index (Phi) is 7.18. The quantitative estimate of drug-likeness (QED) is 0.353. The number of nitrogens with zero attached hydrogens (tertiary/aromatic N) is 3. The fraction of sp³-hybridized carbons (Fsp3) is 0.310. The van der Waals surface area contributed by atoms with Gasteiger partial charge in [0.1, 0.15) is 5.82 Å². The number of anilines is 1. The predicted molar refractivity (Wildman–Crippen MR) is 140 cm³/mol. The summed E-state index contributed by atoms with van der Waals surface area (Å²) < 4.78 is 22.4. The van der Waals surface area contributed by atoms with Crippen molar-refractivity contribution in [2.24, 2.45) is 0 Å². The average Bonchev–Trinajstić information content (AvgIpc) is 2.93. The van der Waals surface area contributed by atoms with Crippen molar-refractivity contribution < 1.29 is 18.9 Å². The second kappa shape index (κ2) is 10.8. The number of hydrogen-bond donors (Lipinski definition) is 0. The zero-order valence-corrected chi connectivity index (χ0v) is 20.9. The van der Waals surface area contributed by atoms with Crippen molar-refractivity contribution in [2.75, 3.05) is 52.0 Å². The van der Waals surface area contributed by atoms with Crippen LogP contribution in [-0.2, 0) is 11.2 Å². The standard InChI is InChI=1S/C29H30N3O4/c1-20-6-4-5-7-23(20)22-9-10-25-24(19-22)28(32-13-16-35-17-14-32)31-29(30-25)36-15-12-21-8-11-26(33-2)27(18-21)34-3/h4-6,8-11,18-19H,12-17H2,1-3H3. The zero-order valence-electron chi connectivity index (χ0n) is 20.9. The molecule has 2 heterocycles. The van der Waals surface area contributed by atoms with Crippen molar-refractivity contribution >= 4 is 16.7 Å². The van der Waals surface area contributed by atoms with Gasteiger partial charge in [-0.3, -0.25) is 0 Å². The van der Waals surface area contributed by atoms with Crippen LogP contribution in [0.1, 0.15) is 11.1 Å². The molecular formula is C29H30N3O4. The molecule has 1 aliphatic rings. The number of fused-ring (bicyclic) bond motifs is 1. The third-order valence-corrected chi connectivity index (χ3v) is 6.39. The van der Waals surface area contributed by atoms with E-state index in [0.717, 1.165) is 46.5 Å². The molecule has 0 amide bonds. The van der Waals surface area contributed by atoms with Crippen molar-refractivity contribution in [1.82, 2.24) is 9.97 Å². The van der Waals surface area contributed by atoms with Crippen molar-refractivity contribution in [3.05, 3.63) is 71.8 Å². The molecule has 7 nitrogen and oxygen atoms in total. The van der Waals surface area contributed by atoms with Crippen LogP contribution in [0.3, 0.4) is 0 Å². The van der Waals surface area contributed by atoms with Gasteiger partial charge in [-0.15, -0.1) is 0 Å². The number of hydrogen-bond acceptors (Lipinski definition) is 7. The van der Waals surface area contributed by atoms with E-state index in [4.69, 9.17) is 28.9 Å². The molecule has 1 radical (unpaired) electrons. The number of ether oxygens (including phenoxy) is 4. The van der Waals surface area contributed by atoms with Crippen LogP contribution in [-0.4, -0.2) is 57.1 Å². The lowest BCUT2D eigenvalue weighted by Crippen LogP contribution is -2.37. The van der Waals surface area contributed by atoms with Crippen molar-refractivity contribution in [1.29, 1.82) is 0 Å². The average molecular weight is 485 g/mol. The Morgan fingerprint density at radius 1 is 0.972 bits per heavy atom. The summed E-state index contributed by atoms with van der Waals surface area (Å²) in [5, 5.41) is 0.998. The van der Waals surface area contributed by atoms with Gasteiger partial charge in [0.05, 0.1) is 39.6 Å². The highest BCUT2D eigenvalue weighted by Crippen LogP contribution is 2.32. The van der Waals surface area contributed by atoms with E-state index >= 15 is 0 Å². The molecule has 0 atom stereocenters. The maximum Gasteiger partial charge on any atom is 0.318 e. The minimum absolute atomic E-state index is 0.375. The lowest BCUT2D eigenvalue weighted by Gasteiger charge is -2.29. The number of aryl methyl sites for hydroxylation is 1. The second-order valence-electron chi connectivity index (χ2n) is 8.68. The third-order valence-electron chi connectivity index (χ3n) is 6.39. The Morgan fingerprint density at radius 3 is 2.58 bits per heavy atom. The summed E-state index contributed by atoms with van der Waals surface area (Å²) in [5.74, 6) is 2.28. The Labute approximate surface area is 211 Å². The molecule has 0 N–H and O–H groups in total. The van der Waals surface area contributed by atoms with Gasteiger partial charge in [0.25, 0.3) is 0 Å². The van der Waals surface area contributed by atoms with Crippen LogP contribution < -0.4 is 19.1 Å². The third kappa shape index (κ3) is 5.06. The molecule has 1 aliphatic heterocycles. The fourth-order valence-electron chi connectivity index (χ4n) is 4.46. The molecular weight excluding hydrogens is 454 g/mol. The molecule has 5 rings (SSSR count). The smallest absolute Gasteiger partial charge is 0.318 e. The molecule has 36 heavy (non-hydrogen) atoms. The van der Waals surface area contributed by atoms with Crippen LogP contribution in [0.4, 0.5) is 5.82 Å². The molecule has 185 valence electrons. The zero-order chi connectivity index (χ0) is 24.9. The van der Waals surface area contributed by atoms with Crippen LogP contribution in [0.2, 0.25) is 0 Å². The summed E-state index contributed by atoms with van der Waals surface area (Å²) in [6.45, 7) is 5.44. The first-order valence-electron chi connectivity index (χ1n) is 12.1. The fourth-order valence-corrected chi connectivity index (χ4v) is 4.46. The Hall–Kier alpha value is -3.84. The van der Waals surface area contributed by atoms with Crippen LogP contribution >= 0.6 is 0 Å². The monoisotopic (exact) mass is 484 g/mol. The van der Waals surface area contributed by atoms with Gasteiger partial charge >= 0.3 is 6.01 Å². The maximum absolute atomic E-state index is 6.06. The summed E-state index contributed by atoms with van der Waals surface area (Å²) >= 11 is 0.